The molecule has 0 bridgehead atoms. The zero-order valence-electron chi connectivity index (χ0n) is 13.0. The minimum Gasteiger partial charge on any atom is -0.377 e. The highest BCUT2D eigenvalue weighted by Gasteiger charge is 2.08. The van der Waals surface area contributed by atoms with E-state index < -0.39 is 0 Å². The molecule has 1 rings (SSSR count). The van der Waals surface area contributed by atoms with Crippen LogP contribution in [0.1, 0.15) is 32.8 Å². The molecule has 0 saturated carbocycles. The molecule has 1 unspecified atom stereocenters. The van der Waals surface area contributed by atoms with E-state index in [-0.39, 0.29) is 12.1 Å². The average molecular weight is 299 g/mol. The van der Waals surface area contributed by atoms with Crippen LogP contribution in [0, 0.1) is 0 Å². The first-order valence-corrected chi connectivity index (χ1v) is 7.68. The van der Waals surface area contributed by atoms with Gasteiger partial charge >= 0.3 is 0 Å². The molecule has 20 heavy (non-hydrogen) atoms. The van der Waals surface area contributed by atoms with Gasteiger partial charge in [-0.1, -0.05) is 24.6 Å². The lowest BCUT2D eigenvalue weighted by Crippen LogP contribution is -2.24. The van der Waals surface area contributed by atoms with Crippen molar-refractivity contribution < 1.29 is 4.74 Å². The average Bonchev–Trinajstić information content (AvgIpc) is 2.40. The maximum absolute atomic E-state index is 6.35. The van der Waals surface area contributed by atoms with Gasteiger partial charge in [-0.15, -0.1) is 0 Å². The SMILES string of the molecule is CCC(N)Cc1ccc(N(C)CCOC(C)C)cc1Cl. The third-order valence-electron chi connectivity index (χ3n) is 3.36. The summed E-state index contributed by atoms with van der Waals surface area (Å²) < 4.78 is 5.56. The molecule has 0 saturated heterocycles. The smallest absolute Gasteiger partial charge is 0.0644 e. The number of rotatable bonds is 8. The monoisotopic (exact) mass is 298 g/mol. The molecule has 0 aromatic heterocycles. The first-order valence-electron chi connectivity index (χ1n) is 7.30. The number of anilines is 1. The molecule has 0 aliphatic carbocycles. The third kappa shape index (κ3) is 5.70. The van der Waals surface area contributed by atoms with Gasteiger partial charge in [0.1, 0.15) is 0 Å². The van der Waals surface area contributed by atoms with Gasteiger partial charge in [-0.05, 0) is 44.4 Å². The highest BCUT2D eigenvalue weighted by Crippen LogP contribution is 2.24. The zero-order valence-corrected chi connectivity index (χ0v) is 13.8. The molecule has 0 aliphatic rings. The van der Waals surface area contributed by atoms with E-state index in [1.165, 1.54) is 0 Å². The molecule has 0 spiro atoms. The Balaban J connectivity index is 2.61. The van der Waals surface area contributed by atoms with Crippen molar-refractivity contribution in [3.05, 3.63) is 28.8 Å². The Hall–Kier alpha value is -0.770. The summed E-state index contributed by atoms with van der Waals surface area (Å²) in [6, 6.07) is 6.36. The summed E-state index contributed by atoms with van der Waals surface area (Å²) in [5.41, 5.74) is 8.21. The number of benzene rings is 1. The third-order valence-corrected chi connectivity index (χ3v) is 3.71. The normalized spacial score (nSPS) is 12.8. The number of ether oxygens (including phenoxy) is 1. The highest BCUT2D eigenvalue weighted by atomic mass is 35.5. The minimum atomic E-state index is 0.176. The topological polar surface area (TPSA) is 38.5 Å². The van der Waals surface area contributed by atoms with Crippen molar-refractivity contribution >= 4 is 17.3 Å². The van der Waals surface area contributed by atoms with E-state index in [4.69, 9.17) is 22.1 Å². The molecular formula is C16H27ClN2O. The predicted molar refractivity (Wildman–Crippen MR) is 87.8 cm³/mol. The minimum absolute atomic E-state index is 0.176. The van der Waals surface area contributed by atoms with Gasteiger partial charge in [0.25, 0.3) is 0 Å². The fourth-order valence-corrected chi connectivity index (χ4v) is 2.17. The van der Waals surface area contributed by atoms with Crippen molar-refractivity contribution in [2.24, 2.45) is 5.73 Å². The first kappa shape index (κ1) is 17.3. The molecule has 3 nitrogen and oxygen atoms in total. The van der Waals surface area contributed by atoms with Crippen LogP contribution >= 0.6 is 11.6 Å². The summed E-state index contributed by atoms with van der Waals surface area (Å²) in [5.74, 6) is 0. The van der Waals surface area contributed by atoms with Crippen LogP contribution in [0.4, 0.5) is 5.69 Å². The molecule has 1 aromatic rings. The first-order chi connectivity index (χ1) is 9.43. The molecule has 0 aliphatic heterocycles. The summed E-state index contributed by atoms with van der Waals surface area (Å²) in [5, 5.41) is 0.794. The van der Waals surface area contributed by atoms with Gasteiger partial charge in [-0.3, -0.25) is 0 Å². The van der Waals surface area contributed by atoms with Crippen LogP contribution in [-0.4, -0.2) is 32.3 Å². The van der Waals surface area contributed by atoms with Crippen LogP contribution < -0.4 is 10.6 Å². The Morgan fingerprint density at radius 1 is 1.35 bits per heavy atom. The van der Waals surface area contributed by atoms with Crippen LogP contribution in [0.5, 0.6) is 0 Å². The summed E-state index contributed by atoms with van der Waals surface area (Å²) in [7, 11) is 2.05. The maximum Gasteiger partial charge on any atom is 0.0644 e. The van der Waals surface area contributed by atoms with Crippen LogP contribution in [0.15, 0.2) is 18.2 Å². The Labute approximate surface area is 128 Å². The molecule has 0 fully saturated rings. The van der Waals surface area contributed by atoms with Gasteiger partial charge in [0, 0.05) is 30.3 Å². The van der Waals surface area contributed by atoms with Crippen LogP contribution in [-0.2, 0) is 11.2 Å². The van der Waals surface area contributed by atoms with Crippen molar-refractivity contribution in [2.45, 2.75) is 45.8 Å². The van der Waals surface area contributed by atoms with E-state index in [0.29, 0.717) is 6.61 Å². The lowest BCUT2D eigenvalue weighted by Gasteiger charge is -2.21. The summed E-state index contributed by atoms with van der Waals surface area (Å²) in [6.45, 7) is 7.75. The van der Waals surface area contributed by atoms with Crippen LogP contribution in [0.25, 0.3) is 0 Å². The van der Waals surface area contributed by atoms with Gasteiger partial charge in [-0.2, -0.15) is 0 Å². The van der Waals surface area contributed by atoms with Crippen molar-refractivity contribution in [3.63, 3.8) is 0 Å². The Bertz CT molecular complexity index is 409. The molecule has 1 atom stereocenters. The molecule has 2 N–H and O–H groups in total. The fourth-order valence-electron chi connectivity index (χ4n) is 1.92. The van der Waals surface area contributed by atoms with Gasteiger partial charge in [0.2, 0.25) is 0 Å². The molecule has 4 heteroatoms. The van der Waals surface area contributed by atoms with Gasteiger partial charge in [0.05, 0.1) is 12.7 Å². The van der Waals surface area contributed by atoms with E-state index in [9.17, 15) is 0 Å². The van der Waals surface area contributed by atoms with Gasteiger partial charge < -0.3 is 15.4 Å². The standard InChI is InChI=1S/C16H27ClN2O/c1-5-14(18)10-13-6-7-15(11-16(13)17)19(4)8-9-20-12(2)3/h6-7,11-12,14H,5,8-10,18H2,1-4H3. The second-order valence-electron chi connectivity index (χ2n) is 5.49. The van der Waals surface area contributed by atoms with Gasteiger partial charge in [-0.25, -0.2) is 0 Å². The Kier molecular flexibility index (Phi) is 7.35. The van der Waals surface area contributed by atoms with E-state index >= 15 is 0 Å². The second-order valence-corrected chi connectivity index (χ2v) is 5.90. The second kappa shape index (κ2) is 8.50. The molecule has 114 valence electrons. The predicted octanol–water partition coefficient (Wildman–Crippen LogP) is 3.48. The van der Waals surface area contributed by atoms with Crippen LogP contribution in [0.3, 0.4) is 0 Å². The summed E-state index contributed by atoms with van der Waals surface area (Å²) in [6.07, 6.45) is 2.06. The number of hydrogen-bond donors (Lipinski definition) is 1. The van der Waals surface area contributed by atoms with E-state index in [1.54, 1.807) is 0 Å². The Morgan fingerprint density at radius 2 is 2.05 bits per heavy atom. The van der Waals surface area contributed by atoms with E-state index in [2.05, 4.69) is 24.0 Å². The van der Waals surface area contributed by atoms with Crippen molar-refractivity contribution in [2.75, 3.05) is 25.1 Å². The number of nitrogens with two attached hydrogens (primary N) is 1. The Morgan fingerprint density at radius 3 is 2.60 bits per heavy atom. The number of nitrogens with zero attached hydrogens (tertiary/aromatic N) is 1. The molecule has 1 aromatic carbocycles. The molecular weight excluding hydrogens is 272 g/mol. The number of halogens is 1. The van der Waals surface area contributed by atoms with Crippen LogP contribution in [0.2, 0.25) is 5.02 Å². The van der Waals surface area contributed by atoms with Crippen molar-refractivity contribution in [3.8, 4) is 0 Å². The number of likely N-dealkylation sites (N-methyl/N-ethyl adjacent to an activating group) is 1. The lowest BCUT2D eigenvalue weighted by atomic mass is 10.0. The number of hydrogen-bond acceptors (Lipinski definition) is 3. The molecule has 0 amide bonds. The quantitative estimate of drug-likeness (QED) is 0.798. The van der Waals surface area contributed by atoms with Gasteiger partial charge in [0.15, 0.2) is 0 Å². The highest BCUT2D eigenvalue weighted by molar-refractivity contribution is 6.31. The van der Waals surface area contributed by atoms with Crippen molar-refractivity contribution in [1.82, 2.24) is 0 Å². The summed E-state index contributed by atoms with van der Waals surface area (Å²) in [4.78, 5) is 2.15. The van der Waals surface area contributed by atoms with Crippen molar-refractivity contribution in [1.29, 1.82) is 0 Å². The van der Waals surface area contributed by atoms with E-state index in [1.807, 2.05) is 27.0 Å². The fraction of sp³-hybridized carbons (Fsp3) is 0.625. The lowest BCUT2D eigenvalue weighted by molar-refractivity contribution is 0.0846. The summed E-state index contributed by atoms with van der Waals surface area (Å²) >= 11 is 6.35. The van der Waals surface area contributed by atoms with E-state index in [0.717, 1.165) is 35.7 Å². The largest absolute Gasteiger partial charge is 0.377 e. The molecule has 0 radical (unpaired) electrons. The maximum atomic E-state index is 6.35. The zero-order chi connectivity index (χ0) is 15.1. The molecule has 0 heterocycles.